The highest BCUT2D eigenvalue weighted by molar-refractivity contribution is 6.39. The van der Waals surface area contributed by atoms with Crippen LogP contribution in [-0.2, 0) is 4.79 Å². The second kappa shape index (κ2) is 12.3. The highest BCUT2D eigenvalue weighted by Gasteiger charge is 2.47. The molecule has 41 heavy (non-hydrogen) atoms. The lowest BCUT2D eigenvalue weighted by molar-refractivity contribution is -0.311. The smallest absolute Gasteiger partial charge is 0.237 e. The number of alkyl halides is 1. The molecule has 2 fully saturated rings. The van der Waals surface area contributed by atoms with Crippen LogP contribution in [0.25, 0.3) is 16.8 Å². The summed E-state index contributed by atoms with van der Waals surface area (Å²) in [7, 11) is 10.4. The van der Waals surface area contributed by atoms with Crippen LogP contribution in [0.4, 0.5) is 14.5 Å². The van der Waals surface area contributed by atoms with Gasteiger partial charge in [-0.1, -0.05) is 0 Å². The van der Waals surface area contributed by atoms with E-state index in [1.807, 2.05) is 6.92 Å². The Kier molecular flexibility index (Phi) is 9.17. The Morgan fingerprint density at radius 2 is 1.78 bits per heavy atom. The molecular formula is C27H32B2F2N6O4. The zero-order valence-corrected chi connectivity index (χ0v) is 22.8. The maximum absolute atomic E-state index is 14.9. The fourth-order valence-electron chi connectivity index (χ4n) is 4.46. The van der Waals surface area contributed by atoms with Crippen molar-refractivity contribution < 1.29 is 28.9 Å². The zero-order chi connectivity index (χ0) is 29.9. The van der Waals surface area contributed by atoms with Crippen molar-refractivity contribution in [1.82, 2.24) is 25.0 Å². The van der Waals surface area contributed by atoms with E-state index < -0.39 is 30.1 Å². The molecule has 1 saturated heterocycles. The number of rotatable bonds is 8. The summed E-state index contributed by atoms with van der Waals surface area (Å²) in [5.41, 5.74) is 4.10. The van der Waals surface area contributed by atoms with E-state index in [9.17, 15) is 28.9 Å². The Morgan fingerprint density at radius 1 is 1.05 bits per heavy atom. The van der Waals surface area contributed by atoms with Crippen LogP contribution in [0.15, 0.2) is 43.0 Å². The third-order valence-corrected chi connectivity index (χ3v) is 7.13. The molecule has 3 aromatic rings. The van der Waals surface area contributed by atoms with Crippen LogP contribution in [0.5, 0.6) is 0 Å². The van der Waals surface area contributed by atoms with Crippen molar-refractivity contribution in [3.63, 3.8) is 0 Å². The molecular weight excluding hydrogens is 532 g/mol. The number of anilines is 1. The van der Waals surface area contributed by atoms with Crippen LogP contribution in [0.1, 0.15) is 30.4 Å². The summed E-state index contributed by atoms with van der Waals surface area (Å²) in [4.78, 5) is 14.7. The van der Waals surface area contributed by atoms with Gasteiger partial charge in [0.1, 0.15) is 27.7 Å². The molecule has 1 saturated carbocycles. The second-order valence-electron chi connectivity index (χ2n) is 10.5. The molecule has 2 aliphatic rings. The molecule has 1 aromatic carbocycles. The van der Waals surface area contributed by atoms with Crippen molar-refractivity contribution >= 4 is 27.8 Å². The van der Waals surface area contributed by atoms with Gasteiger partial charge >= 0.3 is 0 Å². The first-order valence-corrected chi connectivity index (χ1v) is 13.2. The first-order chi connectivity index (χ1) is 19.3. The molecule has 1 aliphatic carbocycles. The number of nitrogens with zero attached hydrogens (tertiary/aromatic N) is 4. The van der Waals surface area contributed by atoms with Crippen molar-refractivity contribution in [2.75, 3.05) is 18.4 Å². The van der Waals surface area contributed by atoms with Gasteiger partial charge < -0.3 is 26.0 Å². The normalized spacial score (nSPS) is 19.7. The first kappa shape index (κ1) is 30.6. The Hall–Kier alpha value is -3.32. The monoisotopic (exact) mass is 564 g/mol. The summed E-state index contributed by atoms with van der Waals surface area (Å²) in [6.07, 6.45) is 8.47. The lowest BCUT2D eigenvalue weighted by Crippen LogP contribution is -2.68. The van der Waals surface area contributed by atoms with Gasteiger partial charge in [0.05, 0.1) is 29.0 Å². The molecule has 2 unspecified atom stereocenters. The van der Waals surface area contributed by atoms with Crippen molar-refractivity contribution in [2.24, 2.45) is 0 Å². The predicted molar refractivity (Wildman–Crippen MR) is 151 cm³/mol. The average Bonchev–Trinajstić information content (AvgIpc) is 3.59. The van der Waals surface area contributed by atoms with E-state index in [0.29, 0.717) is 17.3 Å². The number of halogens is 2. The quantitative estimate of drug-likeness (QED) is 0.156. The molecule has 5 N–H and O–H groups in total. The summed E-state index contributed by atoms with van der Waals surface area (Å²) < 4.78 is 30.3. The van der Waals surface area contributed by atoms with Gasteiger partial charge in [0.2, 0.25) is 12.3 Å². The summed E-state index contributed by atoms with van der Waals surface area (Å²) in [6.45, 7) is 3.12. The molecule has 0 spiro atoms. The third kappa shape index (κ3) is 7.31. The van der Waals surface area contributed by atoms with Gasteiger partial charge in [-0.15, -0.1) is 0 Å². The largest absolute Gasteiger partial charge is 0.402 e. The van der Waals surface area contributed by atoms with Crippen LogP contribution in [0, 0.1) is 19.7 Å². The third-order valence-electron chi connectivity index (χ3n) is 7.13. The topological polar surface area (TPSA) is 136 Å². The number of carbonyl (C=O) groups excluding carboxylic acids is 1. The van der Waals surface area contributed by atoms with E-state index in [1.54, 1.807) is 48.5 Å². The van der Waals surface area contributed by atoms with Gasteiger partial charge in [0.25, 0.3) is 0 Å². The number of amides is 1. The van der Waals surface area contributed by atoms with Gasteiger partial charge in [-0.3, -0.25) is 9.78 Å². The lowest BCUT2D eigenvalue weighted by atomic mass is 9.62. The highest BCUT2D eigenvalue weighted by atomic mass is 19.1. The molecule has 1 amide bonds. The molecule has 14 heteroatoms. The fourth-order valence-corrected chi connectivity index (χ4v) is 4.46. The van der Waals surface area contributed by atoms with Gasteiger partial charge in [0, 0.05) is 48.8 Å². The average molecular weight is 564 g/mol. The van der Waals surface area contributed by atoms with Crippen molar-refractivity contribution in [1.29, 1.82) is 0 Å². The van der Waals surface area contributed by atoms with Crippen LogP contribution in [0.2, 0.25) is 0 Å². The number of carbonyl (C=O) groups is 1. The maximum atomic E-state index is 14.9. The zero-order valence-electron chi connectivity index (χ0n) is 22.8. The molecule has 2 atom stereocenters. The SMILES string of the molecule is O=CNC1CC1.[B]C([B])(O)C(O)(O)N1CCC(Nc2cncc(-c3cnn(-c4cc(C)c(F)cc4C)c3)c2)C(F)C1. The number of aliphatic hydroxyl groups is 3. The second-order valence-corrected chi connectivity index (χ2v) is 10.5. The van der Waals surface area contributed by atoms with Crippen LogP contribution in [-0.4, -0.2) is 99.7 Å². The minimum atomic E-state index is -2.98. The fraction of sp³-hybridized carbons (Fsp3) is 0.444. The van der Waals surface area contributed by atoms with Gasteiger partial charge in [-0.25, -0.2) is 18.4 Å². The molecule has 10 nitrogen and oxygen atoms in total. The van der Waals surface area contributed by atoms with Crippen LogP contribution >= 0.6 is 0 Å². The van der Waals surface area contributed by atoms with E-state index in [2.05, 4.69) is 20.7 Å². The van der Waals surface area contributed by atoms with E-state index in [1.165, 1.54) is 18.9 Å². The summed E-state index contributed by atoms with van der Waals surface area (Å²) in [5, 5.41) is 36.9. The molecule has 214 valence electrons. The van der Waals surface area contributed by atoms with Crippen LogP contribution < -0.4 is 10.6 Å². The summed E-state index contributed by atoms with van der Waals surface area (Å²) in [6, 6.07) is 4.89. The standard InChI is InChI=1S/C23H25B2F2N5O3.C4H7NO/c1-13-6-21(14(2)5-18(13)26)32-11-16(9-29-32)15-7-17(10-28-8-15)30-20-3-4-31(12-19(20)27)23(34,35)22(24,25)33;6-3-5-4-1-2-4/h5-11,19-20,30,33-35H,3-4,12H2,1-2H3;3-4H,1-2H2,(H,5,6). The number of benzene rings is 1. The Labute approximate surface area is 239 Å². The molecule has 4 radical (unpaired) electrons. The van der Waals surface area contributed by atoms with Crippen molar-refractivity contribution in [3.05, 3.63) is 59.9 Å². The summed E-state index contributed by atoms with van der Waals surface area (Å²) >= 11 is 0. The van der Waals surface area contributed by atoms with Gasteiger partial charge in [-0.05, 0) is 62.4 Å². The number of aromatic nitrogens is 3. The maximum Gasteiger partial charge on any atom is 0.237 e. The number of piperidine rings is 1. The lowest BCUT2D eigenvalue weighted by Gasteiger charge is -2.47. The van der Waals surface area contributed by atoms with E-state index in [0.717, 1.165) is 33.7 Å². The molecule has 1 aliphatic heterocycles. The molecule has 5 rings (SSSR count). The Bertz CT molecular complexity index is 1370. The number of pyridine rings is 1. The van der Waals surface area contributed by atoms with Crippen molar-refractivity contribution in [2.45, 2.75) is 62.7 Å². The van der Waals surface area contributed by atoms with E-state index in [-0.39, 0.29) is 18.8 Å². The molecule has 2 aromatic heterocycles. The Balaban J connectivity index is 0.000000572. The Morgan fingerprint density at radius 3 is 2.39 bits per heavy atom. The molecule has 3 heterocycles. The minimum absolute atomic E-state index is 0.0259. The predicted octanol–water partition coefficient (Wildman–Crippen LogP) is 1.03. The number of likely N-dealkylation sites (tertiary alicyclic amines) is 1. The van der Waals surface area contributed by atoms with E-state index >= 15 is 0 Å². The number of hydrogen-bond donors (Lipinski definition) is 5. The van der Waals surface area contributed by atoms with Gasteiger partial charge in [-0.2, -0.15) is 5.10 Å². The van der Waals surface area contributed by atoms with Crippen LogP contribution in [0.3, 0.4) is 0 Å². The number of nitrogens with one attached hydrogen (secondary N) is 2. The van der Waals surface area contributed by atoms with Gasteiger partial charge in [0.15, 0.2) is 0 Å². The van der Waals surface area contributed by atoms with E-state index in [4.69, 9.17) is 15.7 Å². The first-order valence-electron chi connectivity index (χ1n) is 13.2. The molecule has 0 bridgehead atoms. The summed E-state index contributed by atoms with van der Waals surface area (Å²) in [5.74, 6) is -3.25. The minimum Gasteiger partial charge on any atom is -0.402 e. The highest BCUT2D eigenvalue weighted by Crippen LogP contribution is 2.28. The number of hydrogen-bond acceptors (Lipinski definition) is 8. The number of aryl methyl sites for hydroxylation is 2. The van der Waals surface area contributed by atoms with Crippen molar-refractivity contribution in [3.8, 4) is 16.8 Å².